The van der Waals surface area contributed by atoms with Gasteiger partial charge in [-0.25, -0.2) is 0 Å². The van der Waals surface area contributed by atoms with Crippen LogP contribution in [0.15, 0.2) is 24.3 Å². The van der Waals surface area contributed by atoms with Gasteiger partial charge in [0.2, 0.25) is 0 Å². The molecule has 1 nitrogen and oxygen atoms in total. The quantitative estimate of drug-likeness (QED) is 0.852. The van der Waals surface area contributed by atoms with Crippen LogP contribution in [-0.2, 0) is 0 Å². The van der Waals surface area contributed by atoms with Gasteiger partial charge in [0.15, 0.2) is 0 Å². The zero-order chi connectivity index (χ0) is 12.1. The first kappa shape index (κ1) is 13.0. The first-order valence-corrected chi connectivity index (χ1v) is 7.85. The zero-order valence-electron chi connectivity index (χ0n) is 10.9. The van der Waals surface area contributed by atoms with E-state index in [0.29, 0.717) is 6.04 Å². The minimum atomic E-state index is 0.561. The Balaban J connectivity index is 2.16. The molecule has 1 aliphatic rings. The van der Waals surface area contributed by atoms with Crippen LogP contribution in [0, 0.1) is 12.8 Å². The number of rotatable bonds is 5. The molecule has 1 heterocycles. The standard InChI is InChI=1S/C15H23NS/c1-3-9-16-15(13-8-10-17-11-13)14-7-5-4-6-12(14)2/h4-7,13,15-16H,3,8-11H2,1-2H3. The lowest BCUT2D eigenvalue weighted by molar-refractivity contribution is 0.392. The minimum Gasteiger partial charge on any atom is -0.310 e. The van der Waals surface area contributed by atoms with E-state index in [-0.39, 0.29) is 0 Å². The number of aryl methyl sites for hydroxylation is 1. The largest absolute Gasteiger partial charge is 0.310 e. The van der Waals surface area contributed by atoms with Gasteiger partial charge in [-0.15, -0.1) is 0 Å². The van der Waals surface area contributed by atoms with Crippen LogP contribution in [0.1, 0.15) is 36.9 Å². The van der Waals surface area contributed by atoms with Gasteiger partial charge in [0.1, 0.15) is 0 Å². The van der Waals surface area contributed by atoms with Crippen LogP contribution in [0.3, 0.4) is 0 Å². The van der Waals surface area contributed by atoms with Gasteiger partial charge in [0, 0.05) is 6.04 Å². The van der Waals surface area contributed by atoms with E-state index in [2.05, 4.69) is 55.2 Å². The van der Waals surface area contributed by atoms with Crippen LogP contribution in [0.4, 0.5) is 0 Å². The van der Waals surface area contributed by atoms with Gasteiger partial charge in [0.25, 0.3) is 0 Å². The van der Waals surface area contributed by atoms with Gasteiger partial charge >= 0.3 is 0 Å². The Morgan fingerprint density at radius 2 is 2.24 bits per heavy atom. The summed E-state index contributed by atoms with van der Waals surface area (Å²) in [5.41, 5.74) is 2.94. The second kappa shape index (κ2) is 6.46. The highest BCUT2D eigenvalue weighted by Gasteiger charge is 2.26. The Bertz CT molecular complexity index is 345. The molecule has 2 atom stereocenters. The molecule has 0 spiro atoms. The summed E-state index contributed by atoms with van der Waals surface area (Å²) in [5.74, 6) is 3.46. The van der Waals surface area contributed by atoms with E-state index < -0.39 is 0 Å². The molecular formula is C15H23NS. The summed E-state index contributed by atoms with van der Waals surface area (Å²) >= 11 is 2.10. The molecule has 2 rings (SSSR count). The first-order chi connectivity index (χ1) is 8.33. The first-order valence-electron chi connectivity index (χ1n) is 6.69. The fraction of sp³-hybridized carbons (Fsp3) is 0.600. The molecule has 0 radical (unpaired) electrons. The van der Waals surface area contributed by atoms with Crippen LogP contribution in [0.2, 0.25) is 0 Å². The molecule has 0 aliphatic carbocycles. The molecule has 17 heavy (non-hydrogen) atoms. The van der Waals surface area contributed by atoms with Gasteiger partial charge < -0.3 is 5.32 Å². The average Bonchev–Trinajstić information content (AvgIpc) is 2.85. The van der Waals surface area contributed by atoms with Gasteiger partial charge in [-0.1, -0.05) is 31.2 Å². The van der Waals surface area contributed by atoms with Crippen LogP contribution in [-0.4, -0.2) is 18.1 Å². The van der Waals surface area contributed by atoms with E-state index >= 15 is 0 Å². The number of benzene rings is 1. The molecule has 94 valence electrons. The third-order valence-corrected chi connectivity index (χ3v) is 4.76. The third-order valence-electron chi connectivity index (χ3n) is 3.57. The molecule has 1 saturated heterocycles. The van der Waals surface area contributed by atoms with Crippen LogP contribution in [0.5, 0.6) is 0 Å². The Morgan fingerprint density at radius 3 is 2.88 bits per heavy atom. The third kappa shape index (κ3) is 3.26. The number of thioether (sulfide) groups is 1. The highest BCUT2D eigenvalue weighted by Crippen LogP contribution is 2.35. The monoisotopic (exact) mass is 249 g/mol. The highest BCUT2D eigenvalue weighted by molar-refractivity contribution is 7.99. The van der Waals surface area contributed by atoms with Gasteiger partial charge in [-0.2, -0.15) is 11.8 Å². The van der Waals surface area contributed by atoms with Gasteiger partial charge in [-0.3, -0.25) is 0 Å². The number of nitrogens with one attached hydrogen (secondary N) is 1. The van der Waals surface area contributed by atoms with Crippen LogP contribution < -0.4 is 5.32 Å². The molecule has 2 heteroatoms. The van der Waals surface area contributed by atoms with E-state index in [1.807, 2.05) is 0 Å². The number of hydrogen-bond donors (Lipinski definition) is 1. The summed E-state index contributed by atoms with van der Waals surface area (Å²) in [6, 6.07) is 9.40. The van der Waals surface area contributed by atoms with Gasteiger partial charge in [-0.05, 0) is 54.9 Å². The zero-order valence-corrected chi connectivity index (χ0v) is 11.7. The summed E-state index contributed by atoms with van der Waals surface area (Å²) in [4.78, 5) is 0. The summed E-state index contributed by atoms with van der Waals surface area (Å²) < 4.78 is 0. The van der Waals surface area contributed by atoms with Crippen molar-refractivity contribution in [2.75, 3.05) is 18.1 Å². The lowest BCUT2D eigenvalue weighted by Crippen LogP contribution is -2.29. The summed E-state index contributed by atoms with van der Waals surface area (Å²) in [6.45, 7) is 5.60. The van der Waals surface area contributed by atoms with Crippen molar-refractivity contribution in [1.82, 2.24) is 5.32 Å². The van der Waals surface area contributed by atoms with E-state index in [4.69, 9.17) is 0 Å². The van der Waals surface area contributed by atoms with E-state index in [1.54, 1.807) is 0 Å². The Kier molecular flexibility index (Phi) is 4.93. The maximum Gasteiger partial charge on any atom is 0.0359 e. The van der Waals surface area contributed by atoms with Crippen LogP contribution >= 0.6 is 11.8 Å². The summed E-state index contributed by atoms with van der Waals surface area (Å²) in [6.07, 6.45) is 2.57. The molecular weight excluding hydrogens is 226 g/mol. The topological polar surface area (TPSA) is 12.0 Å². The Labute approximate surface area is 109 Å². The second-order valence-electron chi connectivity index (χ2n) is 4.91. The Hall–Kier alpha value is -0.470. The lowest BCUT2D eigenvalue weighted by atomic mass is 9.90. The lowest BCUT2D eigenvalue weighted by Gasteiger charge is -2.26. The van der Waals surface area contributed by atoms with Crippen molar-refractivity contribution in [3.63, 3.8) is 0 Å². The molecule has 0 saturated carbocycles. The van der Waals surface area contributed by atoms with Crippen molar-refractivity contribution >= 4 is 11.8 Å². The molecule has 0 bridgehead atoms. The normalized spacial score (nSPS) is 21.6. The average molecular weight is 249 g/mol. The van der Waals surface area contributed by atoms with E-state index in [1.165, 1.54) is 35.5 Å². The van der Waals surface area contributed by atoms with Gasteiger partial charge in [0.05, 0.1) is 0 Å². The molecule has 0 amide bonds. The predicted octanol–water partition coefficient (Wildman–Crippen LogP) is 3.79. The van der Waals surface area contributed by atoms with Crippen molar-refractivity contribution in [3.05, 3.63) is 35.4 Å². The van der Waals surface area contributed by atoms with Crippen molar-refractivity contribution in [2.24, 2.45) is 5.92 Å². The summed E-state index contributed by atoms with van der Waals surface area (Å²) in [7, 11) is 0. The molecule has 0 aromatic heterocycles. The molecule has 1 aromatic rings. The van der Waals surface area contributed by atoms with Crippen molar-refractivity contribution in [2.45, 2.75) is 32.7 Å². The minimum absolute atomic E-state index is 0.561. The summed E-state index contributed by atoms with van der Waals surface area (Å²) in [5, 5.41) is 3.76. The molecule has 1 aliphatic heterocycles. The molecule has 1 fully saturated rings. The van der Waals surface area contributed by atoms with E-state index in [9.17, 15) is 0 Å². The van der Waals surface area contributed by atoms with Crippen molar-refractivity contribution in [1.29, 1.82) is 0 Å². The maximum atomic E-state index is 3.76. The van der Waals surface area contributed by atoms with Crippen LogP contribution in [0.25, 0.3) is 0 Å². The van der Waals surface area contributed by atoms with E-state index in [0.717, 1.165) is 12.5 Å². The Morgan fingerprint density at radius 1 is 1.41 bits per heavy atom. The highest BCUT2D eigenvalue weighted by atomic mass is 32.2. The maximum absolute atomic E-state index is 3.76. The SMILES string of the molecule is CCCNC(c1ccccc1C)C1CCSC1. The number of hydrogen-bond acceptors (Lipinski definition) is 2. The fourth-order valence-corrected chi connectivity index (χ4v) is 3.88. The van der Waals surface area contributed by atoms with Crippen molar-refractivity contribution in [3.8, 4) is 0 Å². The molecule has 2 unspecified atom stereocenters. The second-order valence-corrected chi connectivity index (χ2v) is 6.06. The fourth-order valence-electron chi connectivity index (χ4n) is 2.58. The van der Waals surface area contributed by atoms with Crippen molar-refractivity contribution < 1.29 is 0 Å². The molecule has 1 N–H and O–H groups in total. The predicted molar refractivity (Wildman–Crippen MR) is 77.6 cm³/mol. The smallest absolute Gasteiger partial charge is 0.0359 e. The molecule has 1 aromatic carbocycles.